The fourth-order valence-electron chi connectivity index (χ4n) is 4.88. The molecule has 0 aromatic heterocycles. The molecule has 0 spiro atoms. The number of carboxylic acids is 1. The summed E-state index contributed by atoms with van der Waals surface area (Å²) in [6.45, 7) is 8.32. The van der Waals surface area contributed by atoms with E-state index in [4.69, 9.17) is 27.9 Å². The van der Waals surface area contributed by atoms with E-state index in [9.17, 15) is 23.1 Å². The third-order valence-corrected chi connectivity index (χ3v) is 10.3. The Hall–Kier alpha value is -2.13. The number of hydrogen-bond donors (Lipinski definition) is 1. The normalized spacial score (nSPS) is 22.5. The van der Waals surface area contributed by atoms with Gasteiger partial charge in [-0.1, -0.05) is 54.4 Å². The molecule has 1 heterocycles. The molecule has 1 amide bonds. The number of nitrogens with zero attached hydrogens (tertiary/aromatic N) is 1. The van der Waals surface area contributed by atoms with Crippen LogP contribution in [0.25, 0.3) is 0 Å². The second-order valence-electron chi connectivity index (χ2n) is 10.3. The van der Waals surface area contributed by atoms with Crippen molar-refractivity contribution in [3.8, 4) is 0 Å². The van der Waals surface area contributed by atoms with Gasteiger partial charge in [0.1, 0.15) is 12.2 Å². The molecule has 3 rings (SSSR count). The van der Waals surface area contributed by atoms with E-state index in [0.29, 0.717) is 27.6 Å². The molecular weight excluding hydrogens is 537 g/mol. The maximum atomic E-state index is 13.9. The van der Waals surface area contributed by atoms with E-state index in [1.807, 2.05) is 6.92 Å². The van der Waals surface area contributed by atoms with Gasteiger partial charge in [-0.15, -0.1) is 0 Å². The zero-order valence-electron chi connectivity index (χ0n) is 21.5. The first kappa shape index (κ1) is 29.4. The molecule has 10 heteroatoms. The van der Waals surface area contributed by atoms with Gasteiger partial charge in [0.25, 0.3) is 5.91 Å². The average Bonchev–Trinajstić information content (AvgIpc) is 2.81. The molecule has 1 aliphatic heterocycles. The number of halogens is 2. The van der Waals surface area contributed by atoms with Crippen molar-refractivity contribution >= 4 is 44.9 Å². The summed E-state index contributed by atoms with van der Waals surface area (Å²) in [5.41, 5.74) is 1.32. The van der Waals surface area contributed by atoms with Crippen LogP contribution in [0.2, 0.25) is 10.0 Å². The highest BCUT2D eigenvalue weighted by atomic mass is 35.5. The summed E-state index contributed by atoms with van der Waals surface area (Å²) in [4.78, 5) is 27.1. The molecule has 1 N–H and O–H groups in total. The second-order valence-corrected chi connectivity index (χ2v) is 14.2. The van der Waals surface area contributed by atoms with Crippen LogP contribution in [0.1, 0.15) is 70.7 Å². The van der Waals surface area contributed by atoms with Crippen LogP contribution < -0.4 is 0 Å². The molecule has 0 aliphatic carbocycles. The fourth-order valence-corrected chi connectivity index (χ4v) is 7.06. The third-order valence-electron chi connectivity index (χ3n) is 6.84. The van der Waals surface area contributed by atoms with Gasteiger partial charge in [-0.3, -0.25) is 9.59 Å². The van der Waals surface area contributed by atoms with Gasteiger partial charge in [0.15, 0.2) is 9.84 Å². The molecule has 37 heavy (non-hydrogen) atoms. The Labute approximate surface area is 228 Å². The van der Waals surface area contributed by atoms with Crippen LogP contribution in [0.3, 0.4) is 0 Å². The van der Waals surface area contributed by atoms with Crippen LogP contribution >= 0.6 is 23.2 Å². The zero-order chi connectivity index (χ0) is 27.7. The highest BCUT2D eigenvalue weighted by molar-refractivity contribution is 7.93. The Kier molecular flexibility index (Phi) is 9.00. The molecule has 202 valence electrons. The number of rotatable bonds is 8. The molecule has 1 aliphatic rings. The molecule has 1 fully saturated rings. The summed E-state index contributed by atoms with van der Waals surface area (Å²) in [6.07, 6.45) is -2.34. The lowest BCUT2D eigenvalue weighted by atomic mass is 9.89. The van der Waals surface area contributed by atoms with Crippen molar-refractivity contribution in [2.75, 3.05) is 0 Å². The Bertz CT molecular complexity index is 1240. The van der Waals surface area contributed by atoms with Crippen molar-refractivity contribution in [2.24, 2.45) is 0 Å². The molecule has 0 radical (unpaired) electrons. The number of carbonyl (C=O) groups excluding carboxylic acids is 1. The molecule has 2 aromatic carbocycles. The summed E-state index contributed by atoms with van der Waals surface area (Å²) in [5, 5.41) is 9.56. The van der Waals surface area contributed by atoms with Crippen LogP contribution in [0.4, 0.5) is 0 Å². The van der Waals surface area contributed by atoms with Crippen LogP contribution in [-0.2, 0) is 24.2 Å². The highest BCUT2D eigenvalue weighted by Crippen LogP contribution is 2.45. The minimum absolute atomic E-state index is 0.328. The van der Waals surface area contributed by atoms with Crippen LogP contribution in [0, 0.1) is 0 Å². The maximum absolute atomic E-state index is 13.9. The first-order valence-corrected chi connectivity index (χ1v) is 14.4. The van der Waals surface area contributed by atoms with Gasteiger partial charge >= 0.3 is 5.97 Å². The Morgan fingerprint density at radius 3 is 2.22 bits per heavy atom. The van der Waals surface area contributed by atoms with Gasteiger partial charge in [0, 0.05) is 16.1 Å². The Balaban J connectivity index is 2.26. The number of amides is 1. The van der Waals surface area contributed by atoms with E-state index in [2.05, 4.69) is 0 Å². The van der Waals surface area contributed by atoms with Crippen molar-refractivity contribution in [3.63, 3.8) is 0 Å². The average molecular weight is 571 g/mol. The summed E-state index contributed by atoms with van der Waals surface area (Å²) in [5.74, 6) is -1.76. The Morgan fingerprint density at radius 2 is 1.70 bits per heavy atom. The third kappa shape index (κ3) is 6.14. The minimum atomic E-state index is -3.70. The van der Waals surface area contributed by atoms with Crippen LogP contribution in [0.15, 0.2) is 48.5 Å². The van der Waals surface area contributed by atoms with Gasteiger partial charge in [-0.2, -0.15) is 0 Å². The molecule has 1 saturated heterocycles. The number of hydrogen-bond acceptors (Lipinski definition) is 5. The lowest BCUT2D eigenvalue weighted by Gasteiger charge is -2.49. The quantitative estimate of drug-likeness (QED) is 0.427. The SMILES string of the molecule is CC[C@@H]([C@H](C)S(=O)(=O)C(C)(C)C)N1C(=O)[C@H](CC(=O)O)O[C@H](c2cccc(Cl)c2)[C@H]1c1ccc(Cl)cc1. The monoisotopic (exact) mass is 569 g/mol. The predicted octanol–water partition coefficient (Wildman–Crippen LogP) is 5.86. The van der Waals surface area contributed by atoms with Crippen LogP contribution in [-0.4, -0.2) is 52.4 Å². The van der Waals surface area contributed by atoms with E-state index >= 15 is 0 Å². The van der Waals surface area contributed by atoms with Gasteiger partial charge in [0.05, 0.1) is 22.5 Å². The van der Waals surface area contributed by atoms with Gasteiger partial charge in [-0.05, 0) is 69.5 Å². The van der Waals surface area contributed by atoms with Crippen molar-refractivity contribution in [2.45, 2.75) is 81.7 Å². The van der Waals surface area contributed by atoms with E-state index in [1.54, 1.807) is 76.2 Å². The molecule has 5 atom stereocenters. The van der Waals surface area contributed by atoms with Gasteiger partial charge in [0.2, 0.25) is 0 Å². The van der Waals surface area contributed by atoms with Crippen molar-refractivity contribution in [1.29, 1.82) is 0 Å². The molecule has 2 aromatic rings. The van der Waals surface area contributed by atoms with Crippen molar-refractivity contribution in [3.05, 3.63) is 69.7 Å². The number of morpholine rings is 1. The summed E-state index contributed by atoms with van der Waals surface area (Å²) >= 11 is 12.4. The summed E-state index contributed by atoms with van der Waals surface area (Å²) in [7, 11) is -3.70. The second kappa shape index (κ2) is 11.3. The number of carbonyl (C=O) groups is 2. The molecular formula is C27H33Cl2NO6S. The smallest absolute Gasteiger partial charge is 0.306 e. The van der Waals surface area contributed by atoms with Crippen molar-refractivity contribution < 1.29 is 27.9 Å². The number of ether oxygens (including phenoxy) is 1. The lowest BCUT2D eigenvalue weighted by molar-refractivity contribution is -0.183. The lowest BCUT2D eigenvalue weighted by Crippen LogP contribution is -2.59. The summed E-state index contributed by atoms with van der Waals surface area (Å²) in [6, 6.07) is 12.4. The minimum Gasteiger partial charge on any atom is -0.481 e. The number of carboxylic acid groups (broad SMARTS) is 1. The highest BCUT2D eigenvalue weighted by Gasteiger charge is 2.50. The van der Waals surface area contributed by atoms with E-state index in [1.165, 1.54) is 4.90 Å². The van der Waals surface area contributed by atoms with E-state index in [0.717, 1.165) is 0 Å². The Morgan fingerprint density at radius 1 is 1.08 bits per heavy atom. The number of benzene rings is 2. The first-order chi connectivity index (χ1) is 17.2. The molecule has 0 unspecified atom stereocenters. The summed E-state index contributed by atoms with van der Waals surface area (Å²) < 4.78 is 32.2. The molecule has 0 bridgehead atoms. The van der Waals surface area contributed by atoms with E-state index < -0.39 is 62.4 Å². The fraction of sp³-hybridized carbons (Fsp3) is 0.481. The van der Waals surface area contributed by atoms with Gasteiger partial charge < -0.3 is 14.7 Å². The number of sulfone groups is 1. The zero-order valence-corrected chi connectivity index (χ0v) is 23.8. The van der Waals surface area contributed by atoms with E-state index in [-0.39, 0.29) is 0 Å². The maximum Gasteiger partial charge on any atom is 0.306 e. The topological polar surface area (TPSA) is 101 Å². The van der Waals surface area contributed by atoms with Gasteiger partial charge in [-0.25, -0.2) is 8.42 Å². The van der Waals surface area contributed by atoms with Crippen LogP contribution in [0.5, 0.6) is 0 Å². The molecule has 7 nitrogen and oxygen atoms in total. The van der Waals surface area contributed by atoms with Crippen molar-refractivity contribution in [1.82, 2.24) is 4.90 Å². The first-order valence-electron chi connectivity index (χ1n) is 12.1. The standard InChI is InChI=1S/C27H33Cl2NO6S/c1-6-21(16(2)37(34,35)27(3,4)5)30-24(17-10-12-19(28)13-11-17)25(18-8-7-9-20(29)14-18)36-22(26(30)33)15-23(31)32/h7-14,16,21-22,24-25H,6,15H2,1-5H3,(H,31,32)/t16-,21-,22-,24+,25+/m0/s1. The number of aliphatic carboxylic acids is 1. The predicted molar refractivity (Wildman–Crippen MR) is 145 cm³/mol. The molecule has 0 saturated carbocycles. The largest absolute Gasteiger partial charge is 0.481 e.